The minimum atomic E-state index is 1.62. The van der Waals surface area contributed by atoms with Gasteiger partial charge in [0.05, 0.1) is 12.5 Å². The van der Waals surface area contributed by atoms with Gasteiger partial charge in [-0.1, -0.05) is 18.2 Å². The van der Waals surface area contributed by atoms with E-state index in [1.54, 1.807) is 12.5 Å². The van der Waals surface area contributed by atoms with E-state index in [-0.39, 0.29) is 0 Å². The fraction of sp³-hybridized carbons (Fsp3) is 0.250. The molecule has 0 radical (unpaired) electrons. The summed E-state index contributed by atoms with van der Waals surface area (Å²) in [6, 6.07) is 0. The van der Waals surface area contributed by atoms with E-state index in [9.17, 15) is 0 Å². The molecule has 9 heavy (non-hydrogen) atoms. The molecule has 0 spiro atoms. The van der Waals surface area contributed by atoms with Gasteiger partial charge in [-0.05, 0) is 19.9 Å². The number of hydrogen-bond donors (Lipinski definition) is 0. The van der Waals surface area contributed by atoms with E-state index in [4.69, 9.17) is 4.74 Å². The summed E-state index contributed by atoms with van der Waals surface area (Å²) in [5.74, 6) is 0. The Morgan fingerprint density at radius 2 is 1.67 bits per heavy atom. The molecule has 0 bridgehead atoms. The van der Waals surface area contributed by atoms with E-state index in [0.29, 0.717) is 0 Å². The molecule has 0 amide bonds. The Morgan fingerprint density at radius 3 is 2.22 bits per heavy atom. The third-order valence-corrected chi connectivity index (χ3v) is 0.675. The van der Waals surface area contributed by atoms with Gasteiger partial charge in [0.1, 0.15) is 0 Å². The van der Waals surface area contributed by atoms with Crippen LogP contribution < -0.4 is 0 Å². The first-order valence-corrected chi connectivity index (χ1v) is 2.96. The summed E-state index contributed by atoms with van der Waals surface area (Å²) in [6.07, 6.45) is 10.8. The van der Waals surface area contributed by atoms with Crippen molar-refractivity contribution >= 4 is 0 Å². The Kier molecular flexibility index (Phi) is 6.26. The predicted molar refractivity (Wildman–Crippen MR) is 39.9 cm³/mol. The topological polar surface area (TPSA) is 9.23 Å². The van der Waals surface area contributed by atoms with E-state index >= 15 is 0 Å². The zero-order valence-electron chi connectivity index (χ0n) is 5.87. The second kappa shape index (κ2) is 7.02. The van der Waals surface area contributed by atoms with Crippen molar-refractivity contribution in [2.75, 3.05) is 0 Å². The van der Waals surface area contributed by atoms with Crippen molar-refractivity contribution in [3.63, 3.8) is 0 Å². The van der Waals surface area contributed by atoms with Crippen LogP contribution in [0.2, 0.25) is 0 Å². The Bertz CT molecular complexity index is 121. The molecule has 0 aliphatic carbocycles. The largest absolute Gasteiger partial charge is 0.473 e. The minimum Gasteiger partial charge on any atom is -0.473 e. The van der Waals surface area contributed by atoms with Crippen LogP contribution in [-0.2, 0) is 4.74 Å². The van der Waals surface area contributed by atoms with E-state index in [2.05, 4.69) is 0 Å². The van der Waals surface area contributed by atoms with Crippen molar-refractivity contribution in [3.05, 3.63) is 36.8 Å². The molecule has 0 aromatic carbocycles. The second-order valence-corrected chi connectivity index (χ2v) is 1.46. The van der Waals surface area contributed by atoms with Gasteiger partial charge in [-0.15, -0.1) is 0 Å². The Morgan fingerprint density at radius 1 is 0.889 bits per heavy atom. The van der Waals surface area contributed by atoms with Crippen LogP contribution in [0.4, 0.5) is 0 Å². The van der Waals surface area contributed by atoms with Gasteiger partial charge in [0.2, 0.25) is 0 Å². The summed E-state index contributed by atoms with van der Waals surface area (Å²) in [5, 5.41) is 0. The monoisotopic (exact) mass is 124 g/mol. The van der Waals surface area contributed by atoms with Crippen LogP contribution in [0.3, 0.4) is 0 Å². The Labute approximate surface area is 56.3 Å². The maximum atomic E-state index is 4.87. The second-order valence-electron chi connectivity index (χ2n) is 1.46. The van der Waals surface area contributed by atoms with Crippen LogP contribution in [-0.4, -0.2) is 0 Å². The molecule has 0 atom stereocenters. The molecule has 0 fully saturated rings. The molecule has 0 aromatic rings. The van der Waals surface area contributed by atoms with Gasteiger partial charge in [0, 0.05) is 0 Å². The Hall–Kier alpha value is -0.980. The van der Waals surface area contributed by atoms with Crippen LogP contribution in [0.1, 0.15) is 13.8 Å². The summed E-state index contributed by atoms with van der Waals surface area (Å²) in [4.78, 5) is 0. The van der Waals surface area contributed by atoms with E-state index in [1.165, 1.54) is 0 Å². The quantitative estimate of drug-likeness (QED) is 0.415. The van der Waals surface area contributed by atoms with Gasteiger partial charge in [-0.2, -0.15) is 0 Å². The van der Waals surface area contributed by atoms with Crippen molar-refractivity contribution in [1.82, 2.24) is 0 Å². The molecule has 0 saturated heterocycles. The highest BCUT2D eigenvalue weighted by Gasteiger charge is 1.61. The molecule has 0 aliphatic heterocycles. The zero-order chi connectivity index (χ0) is 6.95. The molecule has 1 heteroatoms. The normalized spacial score (nSPS) is 12.2. The number of rotatable bonds is 3. The molecule has 0 heterocycles. The van der Waals surface area contributed by atoms with E-state index < -0.39 is 0 Å². The van der Waals surface area contributed by atoms with Gasteiger partial charge in [-0.3, -0.25) is 0 Å². The molecule has 0 N–H and O–H groups in total. The van der Waals surface area contributed by atoms with Crippen LogP contribution in [0.15, 0.2) is 36.8 Å². The fourth-order valence-electron chi connectivity index (χ4n) is 0.326. The molecule has 50 valence electrons. The number of hydrogen-bond acceptors (Lipinski definition) is 1. The fourth-order valence-corrected chi connectivity index (χ4v) is 0.326. The van der Waals surface area contributed by atoms with Crippen LogP contribution in [0.5, 0.6) is 0 Å². The van der Waals surface area contributed by atoms with Crippen LogP contribution in [0, 0.1) is 0 Å². The number of allylic oxidation sites excluding steroid dienone is 4. The first kappa shape index (κ1) is 8.02. The third-order valence-electron chi connectivity index (χ3n) is 0.675. The smallest absolute Gasteiger partial charge is 0.0901 e. The average molecular weight is 124 g/mol. The van der Waals surface area contributed by atoms with Gasteiger partial charge in [0.15, 0.2) is 0 Å². The summed E-state index contributed by atoms with van der Waals surface area (Å²) < 4.78 is 4.87. The Balaban J connectivity index is 3.25. The van der Waals surface area contributed by atoms with Crippen LogP contribution >= 0.6 is 0 Å². The maximum absolute atomic E-state index is 4.87. The van der Waals surface area contributed by atoms with Crippen molar-refractivity contribution in [3.8, 4) is 0 Å². The standard InChI is InChI=1S/C8H12O/c1-3-5-6-8-9-7-4-2/h3-8H,1-2H3. The molecule has 0 aliphatic rings. The lowest BCUT2D eigenvalue weighted by atomic mass is 10.5. The highest BCUT2D eigenvalue weighted by molar-refractivity contribution is 4.98. The molecule has 0 rings (SSSR count). The first-order valence-electron chi connectivity index (χ1n) is 2.96. The summed E-state index contributed by atoms with van der Waals surface area (Å²) >= 11 is 0. The van der Waals surface area contributed by atoms with Gasteiger partial charge in [-0.25, -0.2) is 0 Å². The van der Waals surface area contributed by atoms with Crippen molar-refractivity contribution < 1.29 is 4.74 Å². The SMILES string of the molecule is CC=CC=COC=CC. The zero-order valence-corrected chi connectivity index (χ0v) is 5.87. The molecule has 0 unspecified atom stereocenters. The highest BCUT2D eigenvalue weighted by atomic mass is 16.5. The summed E-state index contributed by atoms with van der Waals surface area (Å²) in [7, 11) is 0. The lowest BCUT2D eigenvalue weighted by molar-refractivity contribution is 0.402. The van der Waals surface area contributed by atoms with E-state index in [0.717, 1.165) is 0 Å². The average Bonchev–Trinajstić information content (AvgIpc) is 1.89. The predicted octanol–water partition coefficient (Wildman–Crippen LogP) is 2.63. The third kappa shape index (κ3) is 7.02. The highest BCUT2D eigenvalue weighted by Crippen LogP contribution is 1.80. The minimum absolute atomic E-state index is 1.62. The van der Waals surface area contributed by atoms with Crippen molar-refractivity contribution in [2.24, 2.45) is 0 Å². The first-order chi connectivity index (χ1) is 4.41. The summed E-state index contributed by atoms with van der Waals surface area (Å²) in [5.41, 5.74) is 0. The molecule has 1 nitrogen and oxygen atoms in total. The lowest BCUT2D eigenvalue weighted by Crippen LogP contribution is -1.60. The lowest BCUT2D eigenvalue weighted by Gasteiger charge is -1.83. The molecular weight excluding hydrogens is 112 g/mol. The molecule has 0 aromatic heterocycles. The van der Waals surface area contributed by atoms with Gasteiger partial charge < -0.3 is 4.74 Å². The van der Waals surface area contributed by atoms with Crippen molar-refractivity contribution in [1.29, 1.82) is 0 Å². The molecule has 0 saturated carbocycles. The number of ether oxygens (including phenoxy) is 1. The maximum Gasteiger partial charge on any atom is 0.0901 e. The van der Waals surface area contributed by atoms with Gasteiger partial charge in [0.25, 0.3) is 0 Å². The van der Waals surface area contributed by atoms with Gasteiger partial charge >= 0.3 is 0 Å². The van der Waals surface area contributed by atoms with Crippen LogP contribution in [0.25, 0.3) is 0 Å². The summed E-state index contributed by atoms with van der Waals surface area (Å²) in [6.45, 7) is 3.86. The van der Waals surface area contributed by atoms with Crippen molar-refractivity contribution in [2.45, 2.75) is 13.8 Å². The van der Waals surface area contributed by atoms with E-state index in [1.807, 2.05) is 38.2 Å². The molecular formula is C8H12O.